The molecule has 7 nitrogen and oxygen atoms in total. The first-order valence-electron chi connectivity index (χ1n) is 8.45. The van der Waals surface area contributed by atoms with Crippen LogP contribution in [0, 0.1) is 0 Å². The summed E-state index contributed by atoms with van der Waals surface area (Å²) in [4.78, 5) is 28.8. The SMILES string of the molecule is CC(NC(=O)O)c1nc2cccc(Cl)c2c(=O)n1N1CCCCCC1. The Bertz CT molecular complexity index is 844. The number of halogens is 1. The maximum absolute atomic E-state index is 13.2. The average Bonchev–Trinajstić information content (AvgIpc) is 2.83. The summed E-state index contributed by atoms with van der Waals surface area (Å²) in [5, 5.41) is 14.1. The highest BCUT2D eigenvalue weighted by molar-refractivity contribution is 6.35. The Morgan fingerprint density at radius 2 is 1.96 bits per heavy atom. The lowest BCUT2D eigenvalue weighted by atomic mass is 10.2. The van der Waals surface area contributed by atoms with Crippen molar-refractivity contribution in [2.45, 2.75) is 38.6 Å². The zero-order valence-electron chi connectivity index (χ0n) is 14.0. The van der Waals surface area contributed by atoms with E-state index in [1.54, 1.807) is 25.1 Å². The molecule has 3 rings (SSSR count). The Morgan fingerprint density at radius 1 is 1.28 bits per heavy atom. The molecule has 1 saturated heterocycles. The van der Waals surface area contributed by atoms with Crippen LogP contribution in [0.4, 0.5) is 4.79 Å². The van der Waals surface area contributed by atoms with E-state index in [1.807, 2.05) is 5.01 Å². The van der Waals surface area contributed by atoms with Crippen LogP contribution < -0.4 is 15.9 Å². The van der Waals surface area contributed by atoms with Crippen molar-refractivity contribution in [1.29, 1.82) is 0 Å². The number of amides is 1. The standard InChI is InChI=1S/C17H21ClN4O3/c1-11(19-17(24)25)15-20-13-8-6-7-12(18)14(13)16(23)22(15)21-9-4-2-3-5-10-21/h6-8,11,19H,2-5,9-10H2,1H3,(H,24,25). The van der Waals surface area contributed by atoms with E-state index in [4.69, 9.17) is 16.7 Å². The fourth-order valence-corrected chi connectivity index (χ4v) is 3.51. The van der Waals surface area contributed by atoms with Crippen molar-refractivity contribution in [2.75, 3.05) is 18.1 Å². The molecule has 25 heavy (non-hydrogen) atoms. The van der Waals surface area contributed by atoms with Crippen LogP contribution in [0.3, 0.4) is 0 Å². The number of nitrogens with one attached hydrogen (secondary N) is 1. The van der Waals surface area contributed by atoms with Crippen molar-refractivity contribution < 1.29 is 9.90 Å². The number of fused-ring (bicyclic) bond motifs is 1. The lowest BCUT2D eigenvalue weighted by Gasteiger charge is -2.29. The van der Waals surface area contributed by atoms with Gasteiger partial charge in [0.15, 0.2) is 5.82 Å². The lowest BCUT2D eigenvalue weighted by Crippen LogP contribution is -2.47. The maximum atomic E-state index is 13.2. The smallest absolute Gasteiger partial charge is 0.405 e. The topological polar surface area (TPSA) is 87.5 Å². The molecule has 2 heterocycles. The monoisotopic (exact) mass is 364 g/mol. The molecule has 2 aromatic rings. The second-order valence-electron chi connectivity index (χ2n) is 6.26. The largest absolute Gasteiger partial charge is 0.465 e. The number of carboxylic acid groups (broad SMARTS) is 1. The first-order chi connectivity index (χ1) is 12.0. The molecule has 1 aliphatic heterocycles. The number of rotatable bonds is 3. The summed E-state index contributed by atoms with van der Waals surface area (Å²) in [7, 11) is 0. The Labute approximate surface area is 150 Å². The van der Waals surface area contributed by atoms with Crippen molar-refractivity contribution in [3.8, 4) is 0 Å². The number of carbonyl (C=O) groups is 1. The molecule has 0 aliphatic carbocycles. The van der Waals surface area contributed by atoms with Gasteiger partial charge in [0, 0.05) is 13.1 Å². The van der Waals surface area contributed by atoms with Crippen LogP contribution >= 0.6 is 11.6 Å². The Morgan fingerprint density at radius 3 is 2.60 bits per heavy atom. The van der Waals surface area contributed by atoms with Crippen molar-refractivity contribution in [3.05, 3.63) is 39.4 Å². The van der Waals surface area contributed by atoms with E-state index >= 15 is 0 Å². The molecule has 8 heteroatoms. The predicted octanol–water partition coefficient (Wildman–Crippen LogP) is 2.89. The van der Waals surface area contributed by atoms with Crippen LogP contribution in [0.5, 0.6) is 0 Å². The third-order valence-electron chi connectivity index (χ3n) is 4.44. The van der Waals surface area contributed by atoms with Gasteiger partial charge in [-0.3, -0.25) is 4.79 Å². The van der Waals surface area contributed by atoms with E-state index in [2.05, 4.69) is 10.3 Å². The van der Waals surface area contributed by atoms with Gasteiger partial charge in [-0.15, -0.1) is 0 Å². The van der Waals surface area contributed by atoms with Crippen molar-refractivity contribution >= 4 is 28.6 Å². The molecule has 0 spiro atoms. The zero-order chi connectivity index (χ0) is 18.0. The van der Waals surface area contributed by atoms with E-state index in [0.717, 1.165) is 38.8 Å². The van der Waals surface area contributed by atoms with E-state index in [9.17, 15) is 9.59 Å². The summed E-state index contributed by atoms with van der Waals surface area (Å²) < 4.78 is 1.51. The minimum Gasteiger partial charge on any atom is -0.465 e. The minimum absolute atomic E-state index is 0.258. The third kappa shape index (κ3) is 3.56. The van der Waals surface area contributed by atoms with Gasteiger partial charge in [0.05, 0.1) is 22.0 Å². The summed E-state index contributed by atoms with van der Waals surface area (Å²) in [6, 6.07) is 4.48. The van der Waals surface area contributed by atoms with Crippen molar-refractivity contribution in [1.82, 2.24) is 15.0 Å². The van der Waals surface area contributed by atoms with Crippen molar-refractivity contribution in [3.63, 3.8) is 0 Å². The Balaban J connectivity index is 2.22. The Hall–Kier alpha value is -2.28. The summed E-state index contributed by atoms with van der Waals surface area (Å²) in [6.07, 6.45) is 3.03. The van der Waals surface area contributed by atoms with Gasteiger partial charge in [-0.05, 0) is 31.9 Å². The average molecular weight is 365 g/mol. The molecule has 2 N–H and O–H groups in total. The van der Waals surface area contributed by atoms with Crippen LogP contribution in [0.1, 0.15) is 44.5 Å². The first kappa shape index (κ1) is 17.5. The van der Waals surface area contributed by atoms with Gasteiger partial charge < -0.3 is 15.4 Å². The molecule has 1 atom stereocenters. The van der Waals surface area contributed by atoms with Gasteiger partial charge >= 0.3 is 6.09 Å². The highest BCUT2D eigenvalue weighted by Crippen LogP contribution is 2.21. The molecular weight excluding hydrogens is 344 g/mol. The molecule has 1 unspecified atom stereocenters. The van der Waals surface area contributed by atoms with Gasteiger partial charge in [0.1, 0.15) is 0 Å². The van der Waals surface area contributed by atoms with Gasteiger partial charge in [0.2, 0.25) is 0 Å². The molecule has 0 saturated carbocycles. The molecule has 1 amide bonds. The molecule has 134 valence electrons. The molecule has 0 bridgehead atoms. The van der Waals surface area contributed by atoms with Crippen LogP contribution in [0.15, 0.2) is 23.0 Å². The quantitative estimate of drug-likeness (QED) is 0.874. The number of nitrogens with zero attached hydrogens (tertiary/aromatic N) is 3. The van der Waals surface area contributed by atoms with Gasteiger partial charge in [0.25, 0.3) is 5.56 Å². The predicted molar refractivity (Wildman–Crippen MR) is 97.0 cm³/mol. The molecular formula is C17H21ClN4O3. The van der Waals surface area contributed by atoms with Crippen LogP contribution in [-0.4, -0.2) is 33.9 Å². The summed E-state index contributed by atoms with van der Waals surface area (Å²) in [5.74, 6) is 0.379. The number of hydrogen-bond donors (Lipinski definition) is 2. The number of aromatic nitrogens is 2. The van der Waals surface area contributed by atoms with E-state index < -0.39 is 12.1 Å². The van der Waals surface area contributed by atoms with Crippen LogP contribution in [-0.2, 0) is 0 Å². The van der Waals surface area contributed by atoms with Gasteiger partial charge in [-0.25, -0.2) is 14.5 Å². The fourth-order valence-electron chi connectivity index (χ4n) is 3.26. The third-order valence-corrected chi connectivity index (χ3v) is 4.76. The minimum atomic E-state index is -1.16. The van der Waals surface area contributed by atoms with E-state index in [1.165, 1.54) is 4.68 Å². The van der Waals surface area contributed by atoms with Crippen LogP contribution in [0.25, 0.3) is 10.9 Å². The highest BCUT2D eigenvalue weighted by atomic mass is 35.5. The molecule has 0 radical (unpaired) electrons. The van der Waals surface area contributed by atoms with Gasteiger partial charge in [-0.1, -0.05) is 30.5 Å². The Kier molecular flexibility index (Phi) is 5.13. The normalized spacial score (nSPS) is 16.5. The summed E-state index contributed by atoms with van der Waals surface area (Å²) >= 11 is 6.24. The summed E-state index contributed by atoms with van der Waals surface area (Å²) in [5.41, 5.74) is 0.212. The van der Waals surface area contributed by atoms with E-state index in [0.29, 0.717) is 21.7 Å². The maximum Gasteiger partial charge on any atom is 0.405 e. The van der Waals surface area contributed by atoms with E-state index in [-0.39, 0.29) is 5.56 Å². The number of hydrogen-bond acceptors (Lipinski definition) is 4. The second kappa shape index (κ2) is 7.31. The first-order valence-corrected chi connectivity index (χ1v) is 8.82. The van der Waals surface area contributed by atoms with Crippen LogP contribution in [0.2, 0.25) is 5.02 Å². The molecule has 1 aliphatic rings. The number of benzene rings is 1. The summed E-state index contributed by atoms with van der Waals surface area (Å²) in [6.45, 7) is 3.13. The van der Waals surface area contributed by atoms with Gasteiger partial charge in [-0.2, -0.15) is 0 Å². The molecule has 1 aromatic heterocycles. The van der Waals surface area contributed by atoms with Crippen molar-refractivity contribution in [2.24, 2.45) is 0 Å². The molecule has 1 fully saturated rings. The fraction of sp³-hybridized carbons (Fsp3) is 0.471. The second-order valence-corrected chi connectivity index (χ2v) is 6.67. The zero-order valence-corrected chi connectivity index (χ0v) is 14.8. The lowest BCUT2D eigenvalue weighted by molar-refractivity contribution is 0.190. The highest BCUT2D eigenvalue weighted by Gasteiger charge is 2.23. The molecule has 1 aromatic carbocycles.